The second-order valence-corrected chi connectivity index (χ2v) is 21.3. The van der Waals surface area contributed by atoms with Crippen molar-refractivity contribution in [2.75, 3.05) is 0 Å². The zero-order chi connectivity index (χ0) is 39.4. The van der Waals surface area contributed by atoms with Gasteiger partial charge in [0.25, 0.3) is 0 Å². The Bertz CT molecular complexity index is 1880. The second-order valence-electron chi connectivity index (χ2n) is 16.8. The first kappa shape index (κ1) is 40.8. The molecule has 0 bridgehead atoms. The number of rotatable bonds is 13. The van der Waals surface area contributed by atoms with Gasteiger partial charge in [0.15, 0.2) is 0 Å². The molecule has 6 aromatic carbocycles. The van der Waals surface area contributed by atoms with Gasteiger partial charge < -0.3 is 0 Å². The largest absolute Gasteiger partial charge is 0.0654 e. The normalized spacial score (nSPS) is 14.0. The molecule has 0 aliphatic carbocycles. The highest BCUT2D eigenvalue weighted by Crippen LogP contribution is 2.73. The lowest BCUT2D eigenvalue weighted by molar-refractivity contribution is 0.152. The Kier molecular flexibility index (Phi) is 13.0. The van der Waals surface area contributed by atoms with Crippen LogP contribution in [0.25, 0.3) is 0 Å². The molecule has 0 heterocycles. The Hall–Kier alpha value is -3.82. The highest BCUT2D eigenvalue weighted by molar-refractivity contribution is 7.74. The average molecular weight is 761 g/mol. The fraction of sp³-hybridized carbons (Fsp3) is 0.321. The summed E-state index contributed by atoms with van der Waals surface area (Å²) in [4.78, 5) is 0. The Morgan fingerprint density at radius 2 is 0.655 bits per heavy atom. The van der Waals surface area contributed by atoms with Crippen molar-refractivity contribution in [3.63, 3.8) is 0 Å². The van der Waals surface area contributed by atoms with Gasteiger partial charge in [-0.15, -0.1) is 0 Å². The Labute approximate surface area is 336 Å². The van der Waals surface area contributed by atoms with Crippen LogP contribution < -0.4 is 21.2 Å². The predicted octanol–water partition coefficient (Wildman–Crippen LogP) is 13.6. The molecule has 0 N–H and O–H groups in total. The van der Waals surface area contributed by atoms with Crippen molar-refractivity contribution in [3.8, 4) is 0 Å². The van der Waals surface area contributed by atoms with E-state index in [1.165, 1.54) is 76.9 Å². The predicted molar refractivity (Wildman–Crippen MR) is 247 cm³/mol. The quantitative estimate of drug-likeness (QED) is 0.103. The summed E-state index contributed by atoms with van der Waals surface area (Å²) >= 11 is 0. The lowest BCUT2D eigenvalue weighted by atomic mass is 9.65. The van der Waals surface area contributed by atoms with Gasteiger partial charge >= 0.3 is 0 Å². The van der Waals surface area contributed by atoms with E-state index >= 15 is 0 Å². The van der Waals surface area contributed by atoms with E-state index in [0.29, 0.717) is 5.92 Å². The molecule has 6 rings (SSSR count). The molecule has 0 saturated carbocycles. The van der Waals surface area contributed by atoms with Crippen molar-refractivity contribution in [2.24, 2.45) is 11.3 Å². The van der Waals surface area contributed by atoms with Gasteiger partial charge in [-0.1, -0.05) is 205 Å². The molecule has 0 saturated heterocycles. The van der Waals surface area contributed by atoms with Crippen molar-refractivity contribution in [3.05, 3.63) is 189 Å². The third-order valence-corrected chi connectivity index (χ3v) is 17.3. The van der Waals surface area contributed by atoms with Crippen LogP contribution in [0.4, 0.5) is 0 Å². The molecule has 0 aliphatic heterocycles. The average Bonchev–Trinajstić information content (AvgIpc) is 3.11. The molecule has 0 spiro atoms. The molecular formula is C53H62P2. The van der Waals surface area contributed by atoms with Gasteiger partial charge in [-0.05, 0) is 121 Å². The van der Waals surface area contributed by atoms with Crippen LogP contribution in [0.3, 0.4) is 0 Å². The van der Waals surface area contributed by atoms with Gasteiger partial charge in [0.2, 0.25) is 0 Å². The van der Waals surface area contributed by atoms with Gasteiger partial charge in [-0.3, -0.25) is 0 Å². The summed E-state index contributed by atoms with van der Waals surface area (Å²) in [6.45, 7) is 25.9. The van der Waals surface area contributed by atoms with E-state index in [1.54, 1.807) is 0 Å². The Balaban J connectivity index is 1.83. The Morgan fingerprint density at radius 3 is 0.873 bits per heavy atom. The molecule has 0 aromatic heterocycles. The lowest BCUT2D eigenvalue weighted by Gasteiger charge is -2.55. The van der Waals surface area contributed by atoms with Crippen LogP contribution in [-0.4, -0.2) is 0 Å². The van der Waals surface area contributed by atoms with Gasteiger partial charge in [-0.25, -0.2) is 0 Å². The molecule has 0 radical (unpaired) electrons. The zero-order valence-corrected chi connectivity index (χ0v) is 37.0. The topological polar surface area (TPSA) is 0 Å². The molecule has 284 valence electrons. The maximum atomic E-state index is 2.56. The monoisotopic (exact) mass is 760 g/mol. The van der Waals surface area contributed by atoms with Crippen molar-refractivity contribution < 1.29 is 0 Å². The van der Waals surface area contributed by atoms with E-state index in [4.69, 9.17) is 0 Å². The van der Waals surface area contributed by atoms with Crippen LogP contribution in [0.1, 0.15) is 101 Å². The van der Waals surface area contributed by atoms with Crippen LogP contribution in [0.2, 0.25) is 0 Å². The Morgan fingerprint density at radius 1 is 0.400 bits per heavy atom. The minimum absolute atomic E-state index is 0.139. The molecule has 6 aromatic rings. The van der Waals surface area contributed by atoms with E-state index < -0.39 is 15.8 Å². The summed E-state index contributed by atoms with van der Waals surface area (Å²) in [6.07, 6.45) is 2.23. The SMILES string of the molecule is CCCC(C(C)C)(C(c1ccccc1)P(c1cc(C)cc(C)c1)c1cc(C)cc(C)c1)C(c1ccccc1)P(c1cc(C)cc(C)c1)c1cc(C)cc(C)c1. The standard InChI is InChI=1S/C53H62P2/c1-12-23-53(36(2)3,51(45-19-15-13-16-20-45)54(47-28-37(4)24-38(5)29-47)48-30-39(6)25-40(7)31-48)52(46-21-17-14-18-22-46)55(49-32-41(8)26-42(9)33-49)50-34-43(10)27-44(11)35-50/h13-22,24-36,51-52H,12,23H2,1-11H3. The molecular weight excluding hydrogens is 699 g/mol. The van der Waals surface area contributed by atoms with Crippen LogP contribution in [0.15, 0.2) is 133 Å². The second kappa shape index (κ2) is 17.5. The maximum Gasteiger partial charge on any atom is 0.0190 e. The molecule has 2 unspecified atom stereocenters. The summed E-state index contributed by atoms with van der Waals surface area (Å²) < 4.78 is 0. The smallest absolute Gasteiger partial charge is 0.0190 e. The van der Waals surface area contributed by atoms with Crippen LogP contribution >= 0.6 is 15.8 Å². The first-order chi connectivity index (χ1) is 26.3. The lowest BCUT2D eigenvalue weighted by Crippen LogP contribution is -2.43. The highest BCUT2D eigenvalue weighted by Gasteiger charge is 2.54. The van der Waals surface area contributed by atoms with E-state index in [2.05, 4.69) is 210 Å². The third kappa shape index (κ3) is 8.93. The van der Waals surface area contributed by atoms with Crippen molar-refractivity contribution in [2.45, 2.75) is 100 Å². The fourth-order valence-electron chi connectivity index (χ4n) is 9.70. The molecule has 2 heteroatoms. The highest BCUT2D eigenvalue weighted by atomic mass is 31.1. The molecule has 0 amide bonds. The van der Waals surface area contributed by atoms with Gasteiger partial charge in [0, 0.05) is 11.3 Å². The minimum atomic E-state index is -0.887. The molecule has 0 nitrogen and oxygen atoms in total. The molecule has 0 aliphatic rings. The zero-order valence-electron chi connectivity index (χ0n) is 35.2. The summed E-state index contributed by atoms with van der Waals surface area (Å²) in [6, 6.07) is 53.1. The summed E-state index contributed by atoms with van der Waals surface area (Å²) in [5.74, 6) is 0.367. The molecule has 0 fully saturated rings. The summed E-state index contributed by atoms with van der Waals surface area (Å²) in [7, 11) is -1.77. The third-order valence-electron chi connectivity index (χ3n) is 11.5. The first-order valence-corrected chi connectivity index (χ1v) is 23.1. The van der Waals surface area contributed by atoms with Crippen LogP contribution in [-0.2, 0) is 0 Å². The maximum absolute atomic E-state index is 2.56. The van der Waals surface area contributed by atoms with E-state index in [1.807, 2.05) is 0 Å². The first-order valence-electron chi connectivity index (χ1n) is 20.3. The van der Waals surface area contributed by atoms with Crippen LogP contribution in [0, 0.1) is 66.7 Å². The number of aryl methyl sites for hydroxylation is 8. The molecule has 2 atom stereocenters. The van der Waals surface area contributed by atoms with E-state index in [9.17, 15) is 0 Å². The summed E-state index contributed by atoms with van der Waals surface area (Å²) in [5, 5.41) is 5.95. The van der Waals surface area contributed by atoms with Crippen molar-refractivity contribution >= 4 is 37.1 Å². The van der Waals surface area contributed by atoms with E-state index in [0.717, 1.165) is 12.8 Å². The van der Waals surface area contributed by atoms with Gasteiger partial charge in [-0.2, -0.15) is 0 Å². The number of hydrogen-bond donors (Lipinski definition) is 0. The number of hydrogen-bond acceptors (Lipinski definition) is 0. The van der Waals surface area contributed by atoms with E-state index in [-0.39, 0.29) is 16.7 Å². The fourth-order valence-corrected chi connectivity index (χ4v) is 17.4. The van der Waals surface area contributed by atoms with Crippen molar-refractivity contribution in [1.29, 1.82) is 0 Å². The van der Waals surface area contributed by atoms with Crippen molar-refractivity contribution in [1.82, 2.24) is 0 Å². The van der Waals surface area contributed by atoms with Gasteiger partial charge in [0.05, 0.1) is 0 Å². The minimum Gasteiger partial charge on any atom is -0.0654 e. The van der Waals surface area contributed by atoms with Crippen LogP contribution in [0.5, 0.6) is 0 Å². The number of benzene rings is 6. The molecule has 55 heavy (non-hydrogen) atoms. The summed E-state index contributed by atoms with van der Waals surface area (Å²) in [5.41, 5.74) is 14.0. The van der Waals surface area contributed by atoms with Gasteiger partial charge in [0.1, 0.15) is 0 Å².